The van der Waals surface area contributed by atoms with Crippen LogP contribution in [0.5, 0.6) is 0 Å². The van der Waals surface area contributed by atoms with Crippen LogP contribution in [-0.2, 0) is 4.79 Å². The molecule has 0 bridgehead atoms. The second-order valence-corrected chi connectivity index (χ2v) is 5.51. The summed E-state index contributed by atoms with van der Waals surface area (Å²) in [7, 11) is 0. The number of hydrogen-bond donors (Lipinski definition) is 2. The van der Waals surface area contributed by atoms with Gasteiger partial charge in [-0.1, -0.05) is 31.9 Å². The lowest BCUT2D eigenvalue weighted by atomic mass is 9.97. The highest BCUT2D eigenvalue weighted by Crippen LogP contribution is 2.32. The molecule has 108 valence electrons. The fraction of sp³-hybridized carbons (Fsp3) is 0.500. The molecule has 4 heteroatoms. The van der Waals surface area contributed by atoms with Gasteiger partial charge in [0.2, 0.25) is 5.91 Å². The molecule has 0 aromatic heterocycles. The van der Waals surface area contributed by atoms with E-state index in [9.17, 15) is 14.7 Å². The minimum absolute atomic E-state index is 0.0514. The van der Waals surface area contributed by atoms with Gasteiger partial charge in [-0.3, -0.25) is 9.59 Å². The Labute approximate surface area is 119 Å². The average Bonchev–Trinajstić information content (AvgIpc) is 2.84. The number of Topliss-reactive ketones (excluding diaryl/α,β-unsaturated/α-hetero) is 1. The van der Waals surface area contributed by atoms with Gasteiger partial charge in [-0.2, -0.15) is 0 Å². The number of benzene rings is 1. The van der Waals surface area contributed by atoms with E-state index in [2.05, 4.69) is 5.32 Å². The summed E-state index contributed by atoms with van der Waals surface area (Å²) in [5.74, 6) is -0.147. The van der Waals surface area contributed by atoms with E-state index >= 15 is 0 Å². The first-order chi connectivity index (χ1) is 9.52. The Kier molecular flexibility index (Phi) is 4.55. The Bertz CT molecular complexity index is 504. The highest BCUT2D eigenvalue weighted by molar-refractivity contribution is 5.98. The van der Waals surface area contributed by atoms with Crippen LogP contribution in [-0.4, -0.2) is 22.4 Å². The highest BCUT2D eigenvalue weighted by Gasteiger charge is 2.33. The van der Waals surface area contributed by atoms with Crippen LogP contribution < -0.4 is 5.32 Å². The lowest BCUT2D eigenvalue weighted by Crippen LogP contribution is -2.30. The summed E-state index contributed by atoms with van der Waals surface area (Å²) >= 11 is 0. The normalized spacial score (nSPS) is 16.9. The molecule has 0 heterocycles. The lowest BCUT2D eigenvalue weighted by molar-refractivity contribution is -0.120. The number of ketones is 1. The maximum Gasteiger partial charge on any atom is 0.227 e. The minimum atomic E-state index is -0.846. The number of amides is 1. The van der Waals surface area contributed by atoms with E-state index in [-0.39, 0.29) is 18.1 Å². The maximum atomic E-state index is 12.0. The number of nitrogens with one attached hydrogen (secondary N) is 1. The van der Waals surface area contributed by atoms with E-state index in [0.29, 0.717) is 30.5 Å². The van der Waals surface area contributed by atoms with E-state index < -0.39 is 5.60 Å². The quantitative estimate of drug-likeness (QED) is 0.812. The van der Waals surface area contributed by atoms with Crippen molar-refractivity contribution in [2.24, 2.45) is 0 Å². The number of hydrogen-bond acceptors (Lipinski definition) is 3. The number of aliphatic hydroxyl groups is 1. The molecule has 0 radical (unpaired) electrons. The zero-order valence-electron chi connectivity index (χ0n) is 11.8. The molecule has 1 amide bonds. The van der Waals surface area contributed by atoms with Gasteiger partial charge in [0, 0.05) is 17.7 Å². The molecule has 1 aliphatic carbocycles. The average molecular weight is 275 g/mol. The van der Waals surface area contributed by atoms with Crippen molar-refractivity contribution in [3.8, 4) is 0 Å². The molecule has 1 aromatic carbocycles. The third-order valence-electron chi connectivity index (χ3n) is 3.81. The second-order valence-electron chi connectivity index (χ2n) is 5.51. The molecule has 20 heavy (non-hydrogen) atoms. The van der Waals surface area contributed by atoms with Gasteiger partial charge in [-0.15, -0.1) is 0 Å². The Balaban J connectivity index is 1.99. The van der Waals surface area contributed by atoms with Crippen molar-refractivity contribution in [2.75, 3.05) is 5.32 Å². The smallest absolute Gasteiger partial charge is 0.227 e. The van der Waals surface area contributed by atoms with Gasteiger partial charge < -0.3 is 10.4 Å². The topological polar surface area (TPSA) is 66.4 Å². The summed E-state index contributed by atoms with van der Waals surface area (Å²) in [5.41, 5.74) is 0.363. The van der Waals surface area contributed by atoms with Crippen molar-refractivity contribution in [2.45, 2.75) is 51.0 Å². The predicted octanol–water partition coefficient (Wildman–Crippen LogP) is 2.91. The van der Waals surface area contributed by atoms with Crippen LogP contribution in [0, 0.1) is 0 Å². The molecule has 2 N–H and O–H groups in total. The molecule has 1 aliphatic rings. The number of rotatable bonds is 5. The minimum Gasteiger partial charge on any atom is -0.389 e. The number of carbonyl (C=O) groups excluding carboxylic acids is 2. The van der Waals surface area contributed by atoms with E-state index in [0.717, 1.165) is 12.8 Å². The van der Waals surface area contributed by atoms with Gasteiger partial charge in [0.15, 0.2) is 5.78 Å². The van der Waals surface area contributed by atoms with Crippen LogP contribution in [0.25, 0.3) is 0 Å². The molecule has 0 saturated heterocycles. The Morgan fingerprint density at radius 3 is 2.65 bits per heavy atom. The largest absolute Gasteiger partial charge is 0.389 e. The summed E-state index contributed by atoms with van der Waals surface area (Å²) in [6, 6.07) is 6.93. The maximum absolute atomic E-state index is 12.0. The van der Waals surface area contributed by atoms with Gasteiger partial charge in [0.05, 0.1) is 12.0 Å². The third kappa shape index (κ3) is 3.67. The molecule has 2 rings (SSSR count). The molecule has 4 nitrogen and oxygen atoms in total. The van der Waals surface area contributed by atoms with Gasteiger partial charge in [0.1, 0.15) is 0 Å². The molecule has 0 spiro atoms. The Hall–Kier alpha value is -1.68. The van der Waals surface area contributed by atoms with Crippen LogP contribution in [0.3, 0.4) is 0 Å². The van der Waals surface area contributed by atoms with E-state index in [1.165, 1.54) is 0 Å². The summed E-state index contributed by atoms with van der Waals surface area (Å²) in [5, 5.41) is 13.0. The SMILES string of the molecule is CCC(=O)c1cccc(NC(=O)CC2(O)CCCC2)c1. The summed E-state index contributed by atoms with van der Waals surface area (Å²) in [6.07, 6.45) is 3.90. The monoisotopic (exact) mass is 275 g/mol. The zero-order valence-corrected chi connectivity index (χ0v) is 11.8. The lowest BCUT2D eigenvalue weighted by Gasteiger charge is -2.21. The molecule has 1 fully saturated rings. The van der Waals surface area contributed by atoms with Gasteiger partial charge >= 0.3 is 0 Å². The molecule has 1 aromatic rings. The van der Waals surface area contributed by atoms with Crippen molar-refractivity contribution >= 4 is 17.4 Å². The van der Waals surface area contributed by atoms with Crippen molar-refractivity contribution in [3.05, 3.63) is 29.8 Å². The van der Waals surface area contributed by atoms with E-state index in [1.54, 1.807) is 24.3 Å². The van der Waals surface area contributed by atoms with Crippen molar-refractivity contribution in [1.82, 2.24) is 0 Å². The number of anilines is 1. The Morgan fingerprint density at radius 1 is 1.30 bits per heavy atom. The first-order valence-electron chi connectivity index (χ1n) is 7.18. The van der Waals surface area contributed by atoms with Crippen molar-refractivity contribution in [3.63, 3.8) is 0 Å². The fourth-order valence-corrected chi connectivity index (χ4v) is 2.69. The van der Waals surface area contributed by atoms with Gasteiger partial charge in [0.25, 0.3) is 0 Å². The van der Waals surface area contributed by atoms with Crippen LogP contribution >= 0.6 is 0 Å². The summed E-state index contributed by atoms with van der Waals surface area (Å²) in [6.45, 7) is 1.81. The molecule has 0 atom stereocenters. The second kappa shape index (κ2) is 6.18. The van der Waals surface area contributed by atoms with Crippen LogP contribution in [0.15, 0.2) is 24.3 Å². The Morgan fingerprint density at radius 2 is 2.00 bits per heavy atom. The third-order valence-corrected chi connectivity index (χ3v) is 3.81. The van der Waals surface area contributed by atoms with Crippen LogP contribution in [0.2, 0.25) is 0 Å². The highest BCUT2D eigenvalue weighted by atomic mass is 16.3. The van der Waals surface area contributed by atoms with Crippen molar-refractivity contribution in [1.29, 1.82) is 0 Å². The van der Waals surface area contributed by atoms with Gasteiger partial charge in [-0.05, 0) is 25.0 Å². The summed E-state index contributed by atoms with van der Waals surface area (Å²) < 4.78 is 0. The standard InChI is InChI=1S/C16H21NO3/c1-2-14(18)12-6-5-7-13(10-12)17-15(19)11-16(20)8-3-4-9-16/h5-7,10,20H,2-4,8-9,11H2,1H3,(H,17,19). The molecular weight excluding hydrogens is 254 g/mol. The van der Waals surface area contributed by atoms with Crippen LogP contribution in [0.1, 0.15) is 55.8 Å². The molecule has 0 aliphatic heterocycles. The zero-order chi connectivity index (χ0) is 14.6. The van der Waals surface area contributed by atoms with Gasteiger partial charge in [-0.25, -0.2) is 0 Å². The van der Waals surface area contributed by atoms with E-state index in [1.807, 2.05) is 6.92 Å². The summed E-state index contributed by atoms with van der Waals surface area (Å²) in [4.78, 5) is 23.6. The van der Waals surface area contributed by atoms with Crippen LogP contribution in [0.4, 0.5) is 5.69 Å². The van der Waals surface area contributed by atoms with Crippen molar-refractivity contribution < 1.29 is 14.7 Å². The first-order valence-corrected chi connectivity index (χ1v) is 7.18. The molecular formula is C16H21NO3. The van der Waals surface area contributed by atoms with E-state index in [4.69, 9.17) is 0 Å². The fourth-order valence-electron chi connectivity index (χ4n) is 2.69. The first kappa shape index (κ1) is 14.7. The number of carbonyl (C=O) groups is 2. The predicted molar refractivity (Wildman–Crippen MR) is 77.7 cm³/mol. The molecule has 0 unspecified atom stereocenters. The molecule has 1 saturated carbocycles.